The molecule has 0 aromatic heterocycles. The Morgan fingerprint density at radius 2 is 2.00 bits per heavy atom. The van der Waals surface area contributed by atoms with Crippen LogP contribution in [0.15, 0.2) is 24.3 Å². The van der Waals surface area contributed by atoms with Crippen LogP contribution < -0.4 is 0 Å². The van der Waals surface area contributed by atoms with Crippen molar-refractivity contribution in [2.45, 2.75) is 26.3 Å². The molecule has 1 aromatic carbocycles. The zero-order valence-electron chi connectivity index (χ0n) is 9.82. The molecule has 0 aliphatic heterocycles. The molecule has 16 heavy (non-hydrogen) atoms. The van der Waals surface area contributed by atoms with Gasteiger partial charge in [-0.25, -0.2) is 0 Å². The van der Waals surface area contributed by atoms with Gasteiger partial charge in [0, 0.05) is 18.2 Å². The maximum absolute atomic E-state index is 8.75. The lowest BCUT2D eigenvalue weighted by Crippen LogP contribution is -2.24. The average molecular weight is 242 g/mol. The zero-order chi connectivity index (χ0) is 11.8. The number of rotatable bonds is 7. The van der Waals surface area contributed by atoms with E-state index in [1.807, 2.05) is 18.2 Å². The molecule has 0 fully saturated rings. The molecule has 0 atom stereocenters. The highest BCUT2D eigenvalue weighted by atomic mass is 35.5. The molecule has 0 spiro atoms. The number of hydrogen-bond donors (Lipinski definition) is 1. The Balaban J connectivity index is 2.46. The Kier molecular flexibility index (Phi) is 6.46. The van der Waals surface area contributed by atoms with Crippen LogP contribution in [0, 0.1) is 0 Å². The summed E-state index contributed by atoms with van der Waals surface area (Å²) in [7, 11) is 0. The van der Waals surface area contributed by atoms with Gasteiger partial charge >= 0.3 is 0 Å². The molecule has 0 heterocycles. The van der Waals surface area contributed by atoms with Gasteiger partial charge in [-0.05, 0) is 37.6 Å². The first-order valence-corrected chi connectivity index (χ1v) is 6.22. The second kappa shape index (κ2) is 7.66. The van der Waals surface area contributed by atoms with Crippen molar-refractivity contribution in [2.24, 2.45) is 0 Å². The summed E-state index contributed by atoms with van der Waals surface area (Å²) in [5, 5.41) is 9.58. The molecule has 0 radical (unpaired) electrons. The van der Waals surface area contributed by atoms with Crippen molar-refractivity contribution in [2.75, 3.05) is 19.7 Å². The van der Waals surface area contributed by atoms with Crippen molar-refractivity contribution in [1.82, 2.24) is 4.90 Å². The summed E-state index contributed by atoms with van der Waals surface area (Å²) in [6.45, 7) is 5.35. The number of aliphatic hydroxyl groups excluding tert-OH is 1. The molecular weight excluding hydrogens is 222 g/mol. The summed E-state index contributed by atoms with van der Waals surface area (Å²) in [6.07, 6.45) is 1.91. The van der Waals surface area contributed by atoms with Gasteiger partial charge in [0.1, 0.15) is 0 Å². The minimum Gasteiger partial charge on any atom is -0.396 e. The lowest BCUT2D eigenvalue weighted by molar-refractivity contribution is 0.243. The van der Waals surface area contributed by atoms with E-state index in [1.54, 1.807) is 0 Å². The predicted octanol–water partition coefficient (Wildman–Crippen LogP) is 2.93. The van der Waals surface area contributed by atoms with Crippen molar-refractivity contribution in [1.29, 1.82) is 0 Å². The van der Waals surface area contributed by atoms with Crippen LogP contribution in [0.2, 0.25) is 5.02 Å². The van der Waals surface area contributed by atoms with Crippen LogP contribution >= 0.6 is 11.6 Å². The summed E-state index contributed by atoms with van der Waals surface area (Å²) < 4.78 is 0. The number of unbranched alkanes of at least 4 members (excludes halogenated alkanes) is 1. The van der Waals surface area contributed by atoms with E-state index >= 15 is 0 Å². The molecule has 1 N–H and O–H groups in total. The third kappa shape index (κ3) is 4.52. The van der Waals surface area contributed by atoms with Gasteiger partial charge in [0.25, 0.3) is 0 Å². The zero-order valence-corrected chi connectivity index (χ0v) is 10.6. The third-order valence-electron chi connectivity index (χ3n) is 2.68. The Hall–Kier alpha value is -0.570. The summed E-state index contributed by atoms with van der Waals surface area (Å²) in [5.74, 6) is 0. The monoisotopic (exact) mass is 241 g/mol. The van der Waals surface area contributed by atoms with Crippen molar-refractivity contribution in [3.05, 3.63) is 34.9 Å². The van der Waals surface area contributed by atoms with Gasteiger partial charge in [-0.15, -0.1) is 0 Å². The fraction of sp³-hybridized carbons (Fsp3) is 0.538. The van der Waals surface area contributed by atoms with E-state index in [1.165, 1.54) is 5.56 Å². The molecule has 0 saturated heterocycles. The highest BCUT2D eigenvalue weighted by Crippen LogP contribution is 2.17. The normalized spacial score (nSPS) is 11.0. The van der Waals surface area contributed by atoms with E-state index < -0.39 is 0 Å². The van der Waals surface area contributed by atoms with Gasteiger partial charge < -0.3 is 5.11 Å². The second-order valence-corrected chi connectivity index (χ2v) is 4.30. The van der Waals surface area contributed by atoms with E-state index in [0.29, 0.717) is 0 Å². The molecule has 0 unspecified atom stereocenters. The molecule has 3 heteroatoms. The number of benzene rings is 1. The molecule has 0 aliphatic carbocycles. The molecule has 0 bridgehead atoms. The van der Waals surface area contributed by atoms with E-state index in [-0.39, 0.29) is 6.61 Å². The Bertz CT molecular complexity index is 304. The van der Waals surface area contributed by atoms with Crippen molar-refractivity contribution >= 4 is 11.6 Å². The number of nitrogens with zero attached hydrogens (tertiary/aromatic N) is 1. The molecule has 0 amide bonds. The van der Waals surface area contributed by atoms with E-state index in [2.05, 4.69) is 17.9 Å². The fourth-order valence-electron chi connectivity index (χ4n) is 1.66. The summed E-state index contributed by atoms with van der Waals surface area (Å²) in [4.78, 5) is 2.34. The van der Waals surface area contributed by atoms with Gasteiger partial charge in [0.15, 0.2) is 0 Å². The van der Waals surface area contributed by atoms with Crippen LogP contribution in [0.3, 0.4) is 0 Å². The first kappa shape index (κ1) is 13.5. The van der Waals surface area contributed by atoms with Crippen LogP contribution in [0.5, 0.6) is 0 Å². The van der Waals surface area contributed by atoms with Crippen molar-refractivity contribution in [3.63, 3.8) is 0 Å². The fourth-order valence-corrected chi connectivity index (χ4v) is 1.86. The van der Waals surface area contributed by atoms with Gasteiger partial charge in [-0.3, -0.25) is 4.90 Å². The second-order valence-electron chi connectivity index (χ2n) is 3.89. The highest BCUT2D eigenvalue weighted by Gasteiger charge is 2.05. The first-order valence-electron chi connectivity index (χ1n) is 5.84. The average Bonchev–Trinajstić information content (AvgIpc) is 2.30. The number of halogens is 1. The van der Waals surface area contributed by atoms with Crippen molar-refractivity contribution < 1.29 is 5.11 Å². The largest absolute Gasteiger partial charge is 0.396 e. The first-order chi connectivity index (χ1) is 7.77. The Labute approximate surface area is 103 Å². The molecule has 1 aromatic rings. The highest BCUT2D eigenvalue weighted by molar-refractivity contribution is 6.31. The minimum atomic E-state index is 0.281. The van der Waals surface area contributed by atoms with Gasteiger partial charge in [-0.2, -0.15) is 0 Å². The lowest BCUT2D eigenvalue weighted by Gasteiger charge is -2.20. The molecule has 2 nitrogen and oxygen atoms in total. The standard InChI is InChI=1S/C13H20ClNO/c1-2-15(9-5-6-10-16)11-12-7-3-4-8-13(12)14/h3-4,7-8,16H,2,5-6,9-11H2,1H3. The quantitative estimate of drug-likeness (QED) is 0.742. The predicted molar refractivity (Wildman–Crippen MR) is 68.7 cm³/mol. The smallest absolute Gasteiger partial charge is 0.0451 e. The molecule has 0 saturated carbocycles. The molecule has 0 aliphatic rings. The van der Waals surface area contributed by atoms with Crippen LogP contribution in [-0.4, -0.2) is 29.7 Å². The van der Waals surface area contributed by atoms with Crippen LogP contribution in [0.25, 0.3) is 0 Å². The Morgan fingerprint density at radius 1 is 1.25 bits per heavy atom. The number of hydrogen-bond acceptors (Lipinski definition) is 2. The summed E-state index contributed by atoms with van der Waals surface area (Å²) >= 11 is 6.12. The molecular formula is C13H20ClNO. The molecule has 90 valence electrons. The van der Waals surface area contributed by atoms with E-state index in [9.17, 15) is 0 Å². The van der Waals surface area contributed by atoms with Gasteiger partial charge in [0.05, 0.1) is 0 Å². The summed E-state index contributed by atoms with van der Waals surface area (Å²) in [6, 6.07) is 7.96. The third-order valence-corrected chi connectivity index (χ3v) is 3.05. The van der Waals surface area contributed by atoms with Gasteiger partial charge in [-0.1, -0.05) is 36.7 Å². The van der Waals surface area contributed by atoms with Crippen molar-refractivity contribution in [3.8, 4) is 0 Å². The van der Waals surface area contributed by atoms with Crippen LogP contribution in [0.1, 0.15) is 25.3 Å². The SMILES string of the molecule is CCN(CCCCO)Cc1ccccc1Cl. The summed E-state index contributed by atoms with van der Waals surface area (Å²) in [5.41, 5.74) is 1.18. The van der Waals surface area contributed by atoms with E-state index in [0.717, 1.165) is 37.5 Å². The lowest BCUT2D eigenvalue weighted by atomic mass is 10.2. The minimum absolute atomic E-state index is 0.281. The maximum Gasteiger partial charge on any atom is 0.0451 e. The van der Waals surface area contributed by atoms with Crippen LogP contribution in [0.4, 0.5) is 0 Å². The number of aliphatic hydroxyl groups is 1. The van der Waals surface area contributed by atoms with Crippen LogP contribution in [-0.2, 0) is 6.54 Å². The molecule has 1 rings (SSSR count). The topological polar surface area (TPSA) is 23.5 Å². The Morgan fingerprint density at radius 3 is 2.62 bits per heavy atom. The maximum atomic E-state index is 8.75. The van der Waals surface area contributed by atoms with E-state index in [4.69, 9.17) is 16.7 Å². The van der Waals surface area contributed by atoms with Gasteiger partial charge in [0.2, 0.25) is 0 Å².